The molecular formula is C94H104Cl6Zr2-4. The minimum atomic E-state index is 0. The van der Waals surface area contributed by atoms with Crippen LogP contribution < -0.4 is 49.6 Å². The van der Waals surface area contributed by atoms with Gasteiger partial charge in [0, 0.05) is 0 Å². The first-order chi connectivity index (χ1) is 45.4. The maximum atomic E-state index is 5.91. The van der Waals surface area contributed by atoms with Crippen LogP contribution in [0.25, 0.3) is 66.4 Å². The molecular weight excluding hydrogens is 1520 g/mol. The van der Waals surface area contributed by atoms with E-state index in [1.165, 1.54) is 198 Å². The minimum absolute atomic E-state index is 0. The van der Waals surface area contributed by atoms with Crippen LogP contribution in [0.5, 0.6) is 0 Å². The number of hydrogen-bond acceptors (Lipinski definition) is 0. The van der Waals surface area contributed by atoms with Gasteiger partial charge in [0.05, 0.1) is 0 Å². The van der Waals surface area contributed by atoms with Crippen LogP contribution in [0.1, 0.15) is 248 Å². The predicted molar refractivity (Wildman–Crippen MR) is 415 cm³/mol. The van der Waals surface area contributed by atoms with Crippen LogP contribution in [0, 0.1) is 71.6 Å². The second-order valence-electron chi connectivity index (χ2n) is 33.5. The Bertz CT molecular complexity index is 4100. The Morgan fingerprint density at radius 1 is 0.402 bits per heavy atom. The van der Waals surface area contributed by atoms with Crippen molar-refractivity contribution in [3.05, 3.63) is 263 Å². The van der Waals surface area contributed by atoms with Gasteiger partial charge < -0.3 is 49.6 Å². The number of benzene rings is 9. The SMILES string of the molecule is CC(C)(C)c1[c-]c2c(cc1)-c1ccc(C(C)(C)C)cc1C2C1CCCCC1.CC(C)(C)c1[c-]c2c(cc1)-c1ccc(C(C)(C)C)cc1C2C1CCCCC1.Cc1cc(C)c(-c2c[c-]c3c(c2)-c2cc(-c4c(C)cc(C)cc4C)ccc2C3)c(C)c1.Clc1ccc(Cl)c2[cH-]ccc12.[Cl-].[Cl-].[Cl-].[Cl-].[Zr+2].[Zr+2]. The van der Waals surface area contributed by atoms with Gasteiger partial charge in [-0.25, -0.2) is 0 Å². The fourth-order valence-electron chi connectivity index (χ4n) is 17.0. The van der Waals surface area contributed by atoms with E-state index in [1.807, 2.05) is 30.3 Å². The van der Waals surface area contributed by atoms with Crippen molar-refractivity contribution < 1.29 is 102 Å². The fraction of sp³-hybridized carbons (Fsp3) is 0.394. The summed E-state index contributed by atoms with van der Waals surface area (Å²) in [4.78, 5) is 0. The van der Waals surface area contributed by atoms with E-state index < -0.39 is 0 Å². The van der Waals surface area contributed by atoms with Crippen LogP contribution >= 0.6 is 23.2 Å². The van der Waals surface area contributed by atoms with Gasteiger partial charge in [0.2, 0.25) is 0 Å². The zero-order valence-corrected chi connectivity index (χ0v) is 73.2. The topological polar surface area (TPSA) is 0 Å². The Morgan fingerprint density at radius 3 is 1.24 bits per heavy atom. The molecule has 0 spiro atoms. The molecule has 0 heterocycles. The van der Waals surface area contributed by atoms with Crippen molar-refractivity contribution in [1.29, 1.82) is 0 Å². The quantitative estimate of drug-likeness (QED) is 0.154. The van der Waals surface area contributed by atoms with E-state index in [9.17, 15) is 0 Å². The maximum absolute atomic E-state index is 5.91. The molecule has 2 atom stereocenters. The van der Waals surface area contributed by atoms with Crippen molar-refractivity contribution in [3.8, 4) is 55.6 Å². The number of rotatable bonds is 4. The Hall–Kier alpha value is -3.90. The van der Waals surface area contributed by atoms with Crippen molar-refractivity contribution in [2.45, 2.75) is 229 Å². The second kappa shape index (κ2) is 35.0. The smallest absolute Gasteiger partial charge is 1.00 e. The molecule has 0 amide bonds. The molecule has 10 aromatic carbocycles. The molecule has 0 saturated heterocycles. The average Bonchev–Trinajstić information content (AvgIpc) is 1.60. The van der Waals surface area contributed by atoms with Crippen LogP contribution in [0.3, 0.4) is 0 Å². The number of fused-ring (bicyclic) bond motifs is 10. The van der Waals surface area contributed by atoms with Gasteiger partial charge >= 0.3 is 52.4 Å². The van der Waals surface area contributed by atoms with Crippen molar-refractivity contribution in [3.63, 3.8) is 0 Å². The average molecular weight is 1630 g/mol. The summed E-state index contributed by atoms with van der Waals surface area (Å²) in [5.41, 5.74) is 37.0. The summed E-state index contributed by atoms with van der Waals surface area (Å²) in [6.07, 6.45) is 14.9. The van der Waals surface area contributed by atoms with Crippen LogP contribution in [-0.4, -0.2) is 0 Å². The molecule has 2 unspecified atom stereocenters. The van der Waals surface area contributed by atoms with E-state index in [0.717, 1.165) is 39.1 Å². The third-order valence-corrected chi connectivity index (χ3v) is 22.6. The molecule has 0 aliphatic heterocycles. The van der Waals surface area contributed by atoms with Crippen molar-refractivity contribution in [2.75, 3.05) is 0 Å². The summed E-state index contributed by atoms with van der Waals surface area (Å²) < 4.78 is 0. The first kappa shape index (κ1) is 87.0. The van der Waals surface area contributed by atoms with E-state index in [-0.39, 0.29) is 124 Å². The van der Waals surface area contributed by atoms with Gasteiger partial charge in [-0.15, -0.1) is 61.8 Å². The van der Waals surface area contributed by atoms with E-state index in [2.05, 4.69) is 258 Å². The maximum Gasteiger partial charge on any atom is 2.00 e. The molecule has 0 radical (unpaired) electrons. The number of aryl methyl sites for hydroxylation is 6. The number of halogens is 6. The molecule has 8 heteroatoms. The molecule has 15 rings (SSSR count). The third kappa shape index (κ3) is 18.4. The Kier molecular flexibility index (Phi) is 29.8. The molecule has 5 aliphatic rings. The van der Waals surface area contributed by atoms with Crippen molar-refractivity contribution in [2.24, 2.45) is 11.8 Å². The predicted octanol–water partition coefficient (Wildman–Crippen LogP) is 15.7. The van der Waals surface area contributed by atoms with E-state index in [4.69, 9.17) is 23.2 Å². The molecule has 0 bridgehead atoms. The van der Waals surface area contributed by atoms with Crippen LogP contribution in [-0.2, 0) is 80.5 Å². The minimum Gasteiger partial charge on any atom is -1.00 e. The zero-order chi connectivity index (χ0) is 68.5. The molecule has 0 aromatic heterocycles. The summed E-state index contributed by atoms with van der Waals surface area (Å²) in [5, 5.41) is 3.57. The van der Waals surface area contributed by atoms with Crippen molar-refractivity contribution in [1.82, 2.24) is 0 Å². The van der Waals surface area contributed by atoms with Gasteiger partial charge in [-0.1, -0.05) is 274 Å². The number of hydrogen-bond donors (Lipinski definition) is 0. The molecule has 5 aliphatic carbocycles. The summed E-state index contributed by atoms with van der Waals surface area (Å²) in [5.74, 6) is 2.64. The van der Waals surface area contributed by atoms with E-state index >= 15 is 0 Å². The van der Waals surface area contributed by atoms with Gasteiger partial charge in [-0.2, -0.15) is 83.4 Å². The monoisotopic (exact) mass is 1620 g/mol. The summed E-state index contributed by atoms with van der Waals surface area (Å²) in [6.45, 7) is 41.1. The van der Waals surface area contributed by atoms with Gasteiger partial charge in [0.25, 0.3) is 0 Å². The van der Waals surface area contributed by atoms with E-state index in [0.29, 0.717) is 11.8 Å². The zero-order valence-electron chi connectivity index (χ0n) is 63.7. The van der Waals surface area contributed by atoms with E-state index in [1.54, 1.807) is 11.1 Å². The largest absolute Gasteiger partial charge is 2.00 e. The first-order valence-electron chi connectivity index (χ1n) is 36.2. The molecule has 10 aromatic rings. The summed E-state index contributed by atoms with van der Waals surface area (Å²) in [6, 6.07) is 65.6. The molecule has 0 N–H and O–H groups in total. The van der Waals surface area contributed by atoms with Gasteiger partial charge in [-0.05, 0) is 174 Å². The normalized spacial score (nSPS) is 15.6. The molecule has 2 saturated carbocycles. The fourth-order valence-corrected chi connectivity index (χ4v) is 17.4. The molecule has 534 valence electrons. The standard InChI is InChI=1S/C31H29.2C27H35.C9H5Cl2.4ClH.2Zr/c1-18-11-20(3)30(21(4)12-18)26-9-7-24-15-25-8-10-27(17-29(25)28(24)16-26)31-22(5)13-19(2)14-23(31)6;2*1-26(2,3)19-12-14-21-22-15-13-20(27(4,5)6)17-24(22)25(23(21)16-19)18-10-8-7-9-11-18;10-8-4-5-9(11)7-3-1-2-6(7)8;;;;;;/h7,9-14,16-17H,15H2,1-6H3;2*12-16,18,25H,7-11H2,1-6H3;1-5H;4*1H;;/q4*-1;;;;;2*+2/p-4. The first-order valence-corrected chi connectivity index (χ1v) is 36.9. The summed E-state index contributed by atoms with van der Waals surface area (Å²) >= 11 is 11.8. The van der Waals surface area contributed by atoms with Crippen LogP contribution in [0.4, 0.5) is 0 Å². The molecule has 102 heavy (non-hydrogen) atoms. The Labute approximate surface area is 688 Å². The van der Waals surface area contributed by atoms with Gasteiger partial charge in [-0.3, -0.25) is 0 Å². The second-order valence-corrected chi connectivity index (χ2v) is 34.3. The summed E-state index contributed by atoms with van der Waals surface area (Å²) in [7, 11) is 0. The van der Waals surface area contributed by atoms with Gasteiger partial charge in [0.1, 0.15) is 0 Å². The molecule has 2 fully saturated rings. The van der Waals surface area contributed by atoms with Crippen LogP contribution in [0.15, 0.2) is 146 Å². The van der Waals surface area contributed by atoms with Gasteiger partial charge in [0.15, 0.2) is 0 Å². The molecule has 0 nitrogen and oxygen atoms in total. The van der Waals surface area contributed by atoms with Crippen molar-refractivity contribution >= 4 is 34.0 Å². The Morgan fingerprint density at radius 2 is 0.814 bits per heavy atom. The Balaban J connectivity index is 0.000000218. The van der Waals surface area contributed by atoms with Crippen LogP contribution in [0.2, 0.25) is 10.0 Å². The third-order valence-electron chi connectivity index (χ3n) is 22.0.